The van der Waals surface area contributed by atoms with Gasteiger partial charge in [0.05, 0.1) is 14.8 Å². The standard InChI is InChI=1S/C8H8Cl3N3O4S2/c9-7(8(10)11)5-2-1-4(20(17,18)14-12)3-6(5)19(13,15)16/h1-3,14H,12H2,(H2,13,15,16). The van der Waals surface area contributed by atoms with Crippen LogP contribution in [0.2, 0.25) is 0 Å². The van der Waals surface area contributed by atoms with Gasteiger partial charge in [-0.05, 0) is 12.1 Å². The number of benzene rings is 1. The zero-order chi connectivity index (χ0) is 15.7. The highest BCUT2D eigenvalue weighted by Gasteiger charge is 2.22. The first-order valence-electron chi connectivity index (χ1n) is 4.61. The van der Waals surface area contributed by atoms with E-state index in [2.05, 4.69) is 0 Å². The summed E-state index contributed by atoms with van der Waals surface area (Å²) in [6.45, 7) is 0. The third kappa shape index (κ3) is 3.83. The molecular weight excluding hydrogens is 373 g/mol. The Hall–Kier alpha value is -0.390. The van der Waals surface area contributed by atoms with Crippen molar-refractivity contribution in [2.24, 2.45) is 11.0 Å². The van der Waals surface area contributed by atoms with Gasteiger partial charge >= 0.3 is 0 Å². The van der Waals surface area contributed by atoms with Crippen LogP contribution in [-0.2, 0) is 20.0 Å². The third-order valence-electron chi connectivity index (χ3n) is 2.13. The molecule has 1 aromatic rings. The summed E-state index contributed by atoms with van der Waals surface area (Å²) in [5.74, 6) is 4.85. The molecule has 112 valence electrons. The third-order valence-corrected chi connectivity index (χ3v) is 5.23. The van der Waals surface area contributed by atoms with Crippen molar-refractivity contribution < 1.29 is 16.8 Å². The molecule has 0 spiro atoms. The Morgan fingerprint density at radius 1 is 1.10 bits per heavy atom. The monoisotopic (exact) mass is 379 g/mol. The average Bonchev–Trinajstić information content (AvgIpc) is 2.36. The fourth-order valence-corrected chi connectivity index (χ4v) is 3.18. The van der Waals surface area contributed by atoms with Crippen LogP contribution in [0.25, 0.3) is 5.03 Å². The molecule has 0 aliphatic heterocycles. The molecule has 0 saturated heterocycles. The van der Waals surface area contributed by atoms with Crippen molar-refractivity contribution in [2.75, 3.05) is 0 Å². The molecule has 0 atom stereocenters. The van der Waals surface area contributed by atoms with Gasteiger partial charge in [-0.1, -0.05) is 40.9 Å². The number of hydrazine groups is 1. The van der Waals surface area contributed by atoms with Gasteiger partial charge in [-0.15, -0.1) is 0 Å². The Bertz CT molecular complexity index is 770. The summed E-state index contributed by atoms with van der Waals surface area (Å²) in [7, 11) is -8.33. The molecule has 0 fully saturated rings. The summed E-state index contributed by atoms with van der Waals surface area (Å²) in [5, 5.41) is 4.72. The molecule has 7 nitrogen and oxygen atoms in total. The number of rotatable bonds is 4. The lowest BCUT2D eigenvalue weighted by Gasteiger charge is -2.10. The minimum absolute atomic E-state index is 0.134. The van der Waals surface area contributed by atoms with E-state index in [1.165, 1.54) is 0 Å². The van der Waals surface area contributed by atoms with Gasteiger partial charge in [-0.25, -0.2) is 22.0 Å². The molecule has 1 aromatic carbocycles. The van der Waals surface area contributed by atoms with E-state index >= 15 is 0 Å². The lowest BCUT2D eigenvalue weighted by atomic mass is 10.2. The zero-order valence-electron chi connectivity index (χ0n) is 9.47. The summed E-state index contributed by atoms with van der Waals surface area (Å²) in [4.78, 5) is 0.575. The summed E-state index contributed by atoms with van der Waals surface area (Å²) in [6.07, 6.45) is 0. The van der Waals surface area contributed by atoms with E-state index in [1.807, 2.05) is 0 Å². The number of sulfonamides is 2. The first-order valence-corrected chi connectivity index (χ1v) is 8.77. The normalized spacial score (nSPS) is 12.2. The number of hydrogen-bond acceptors (Lipinski definition) is 5. The predicted octanol–water partition coefficient (Wildman–Crippen LogP) is 0.829. The Labute approximate surface area is 130 Å². The van der Waals surface area contributed by atoms with Crippen LogP contribution in [0.4, 0.5) is 0 Å². The summed E-state index contributed by atoms with van der Waals surface area (Å²) in [6, 6.07) is 2.95. The second-order valence-corrected chi connectivity index (χ2v) is 7.97. The molecule has 12 heteroatoms. The molecule has 5 N–H and O–H groups in total. The van der Waals surface area contributed by atoms with E-state index in [1.54, 1.807) is 4.83 Å². The van der Waals surface area contributed by atoms with E-state index in [0.717, 1.165) is 18.2 Å². The van der Waals surface area contributed by atoms with Gasteiger partial charge in [0.2, 0.25) is 10.0 Å². The van der Waals surface area contributed by atoms with E-state index in [9.17, 15) is 16.8 Å². The van der Waals surface area contributed by atoms with Crippen molar-refractivity contribution in [3.63, 3.8) is 0 Å². The molecule has 0 heterocycles. The number of nitrogens with one attached hydrogen (secondary N) is 1. The van der Waals surface area contributed by atoms with E-state index in [4.69, 9.17) is 45.8 Å². The van der Waals surface area contributed by atoms with E-state index in [-0.39, 0.29) is 10.6 Å². The quantitative estimate of drug-likeness (QED) is 0.525. The number of hydrogen-bond donors (Lipinski definition) is 3. The molecule has 0 aliphatic rings. The Morgan fingerprint density at radius 3 is 2.05 bits per heavy atom. The SMILES string of the molecule is NNS(=O)(=O)c1ccc(C(Cl)=C(Cl)Cl)c(S(N)(=O)=O)c1. The van der Waals surface area contributed by atoms with Gasteiger partial charge < -0.3 is 0 Å². The van der Waals surface area contributed by atoms with E-state index < -0.39 is 34.3 Å². The molecule has 0 amide bonds. The van der Waals surface area contributed by atoms with Gasteiger partial charge in [0.25, 0.3) is 10.0 Å². The number of nitrogens with two attached hydrogens (primary N) is 2. The maximum atomic E-state index is 11.5. The smallest absolute Gasteiger partial charge is 0.253 e. The summed E-state index contributed by atoms with van der Waals surface area (Å²) < 4.78 is 45.7. The van der Waals surface area contributed by atoms with E-state index in [0.29, 0.717) is 0 Å². The van der Waals surface area contributed by atoms with Crippen LogP contribution in [0, 0.1) is 0 Å². The van der Waals surface area contributed by atoms with Gasteiger partial charge in [-0.3, -0.25) is 5.84 Å². The van der Waals surface area contributed by atoms with Gasteiger partial charge in [-0.2, -0.15) is 4.83 Å². The Balaban J connectivity index is 3.74. The van der Waals surface area contributed by atoms with Crippen molar-refractivity contribution in [1.82, 2.24) is 4.83 Å². The van der Waals surface area contributed by atoms with Crippen LogP contribution >= 0.6 is 34.8 Å². The molecule has 1 rings (SSSR count). The van der Waals surface area contributed by atoms with Gasteiger partial charge in [0.15, 0.2) is 0 Å². The molecular formula is C8H8Cl3N3O4S2. The van der Waals surface area contributed by atoms with Crippen molar-refractivity contribution in [3.8, 4) is 0 Å². The first kappa shape index (κ1) is 17.7. The molecule has 0 aromatic heterocycles. The van der Waals surface area contributed by atoms with Crippen molar-refractivity contribution in [3.05, 3.63) is 28.3 Å². The van der Waals surface area contributed by atoms with Crippen LogP contribution in [-0.4, -0.2) is 16.8 Å². The van der Waals surface area contributed by atoms with Gasteiger partial charge in [0.1, 0.15) is 4.49 Å². The largest absolute Gasteiger partial charge is 0.257 e. The zero-order valence-corrected chi connectivity index (χ0v) is 13.4. The van der Waals surface area contributed by atoms with Crippen LogP contribution in [0.5, 0.6) is 0 Å². The molecule has 0 bridgehead atoms. The summed E-state index contributed by atoms with van der Waals surface area (Å²) in [5.41, 5.74) is -0.134. The minimum Gasteiger partial charge on any atom is -0.257 e. The first-order chi connectivity index (χ1) is 9.00. The second-order valence-electron chi connectivity index (χ2n) is 3.40. The highest BCUT2D eigenvalue weighted by molar-refractivity contribution is 7.90. The lowest BCUT2D eigenvalue weighted by Crippen LogP contribution is -2.30. The fourth-order valence-electron chi connectivity index (χ4n) is 1.26. The topological polar surface area (TPSA) is 132 Å². The molecule has 0 radical (unpaired) electrons. The minimum atomic E-state index is -4.27. The van der Waals surface area contributed by atoms with Crippen molar-refractivity contribution >= 4 is 59.9 Å². The highest BCUT2D eigenvalue weighted by atomic mass is 35.5. The average molecular weight is 381 g/mol. The Kier molecular flexibility index (Phi) is 5.44. The molecule has 0 saturated carbocycles. The van der Waals surface area contributed by atoms with Crippen LogP contribution < -0.4 is 15.8 Å². The number of primary sulfonamides is 1. The van der Waals surface area contributed by atoms with Crippen molar-refractivity contribution in [1.29, 1.82) is 0 Å². The number of halogens is 3. The second kappa shape index (κ2) is 6.16. The fraction of sp³-hybridized carbons (Fsp3) is 0. The Morgan fingerprint density at radius 2 is 1.65 bits per heavy atom. The van der Waals surface area contributed by atoms with Crippen LogP contribution in [0.15, 0.2) is 32.5 Å². The van der Waals surface area contributed by atoms with Crippen LogP contribution in [0.3, 0.4) is 0 Å². The molecule has 0 aliphatic carbocycles. The van der Waals surface area contributed by atoms with Crippen LogP contribution in [0.1, 0.15) is 5.56 Å². The van der Waals surface area contributed by atoms with Crippen molar-refractivity contribution in [2.45, 2.75) is 9.79 Å². The maximum absolute atomic E-state index is 11.5. The van der Waals surface area contributed by atoms with Gasteiger partial charge in [0, 0.05) is 5.56 Å². The summed E-state index contributed by atoms with van der Waals surface area (Å²) >= 11 is 16.7. The lowest BCUT2D eigenvalue weighted by molar-refractivity contribution is 0.583. The maximum Gasteiger partial charge on any atom is 0.253 e. The molecule has 20 heavy (non-hydrogen) atoms. The highest BCUT2D eigenvalue weighted by Crippen LogP contribution is 2.33. The molecule has 0 unspecified atom stereocenters. The predicted molar refractivity (Wildman–Crippen MR) is 76.8 cm³/mol.